The fourth-order valence-electron chi connectivity index (χ4n) is 3.32. The third-order valence-corrected chi connectivity index (χ3v) is 4.71. The highest BCUT2D eigenvalue weighted by molar-refractivity contribution is 6.09. The van der Waals surface area contributed by atoms with E-state index in [-0.39, 0.29) is 21.9 Å². The Labute approximate surface area is 147 Å². The van der Waals surface area contributed by atoms with E-state index in [9.17, 15) is 17.6 Å². The summed E-state index contributed by atoms with van der Waals surface area (Å²) in [5.41, 5.74) is 1.72. The van der Waals surface area contributed by atoms with E-state index in [2.05, 4.69) is 0 Å². The number of benzene rings is 4. The van der Waals surface area contributed by atoms with Crippen LogP contribution in [-0.4, -0.2) is 0 Å². The van der Waals surface area contributed by atoms with Crippen molar-refractivity contribution in [2.24, 2.45) is 0 Å². The Balaban J connectivity index is 2.12. The van der Waals surface area contributed by atoms with Crippen molar-refractivity contribution in [3.63, 3.8) is 0 Å². The molecule has 0 atom stereocenters. The summed E-state index contributed by atoms with van der Waals surface area (Å²) in [6.45, 7) is 3.33. The molecule has 4 heteroatoms. The van der Waals surface area contributed by atoms with Gasteiger partial charge in [0.2, 0.25) is 0 Å². The van der Waals surface area contributed by atoms with Gasteiger partial charge in [0, 0.05) is 16.3 Å². The molecule has 26 heavy (non-hydrogen) atoms. The SMILES string of the molecule is Cc1ccc(-c2cc3ccc4cc(C)c(F)c(F)c4c3c(F)c2F)cc1. The normalized spacial score (nSPS) is 11.5. The van der Waals surface area contributed by atoms with Crippen LogP contribution in [0.15, 0.2) is 48.5 Å². The first-order valence-corrected chi connectivity index (χ1v) is 8.14. The zero-order chi connectivity index (χ0) is 18.6. The van der Waals surface area contributed by atoms with Gasteiger partial charge >= 0.3 is 0 Å². The van der Waals surface area contributed by atoms with Crippen molar-refractivity contribution in [3.8, 4) is 11.1 Å². The summed E-state index contributed by atoms with van der Waals surface area (Å²) in [5.74, 6) is -4.46. The third-order valence-electron chi connectivity index (χ3n) is 4.71. The summed E-state index contributed by atoms with van der Waals surface area (Å²) < 4.78 is 58.2. The molecule has 0 aromatic heterocycles. The van der Waals surface area contributed by atoms with Crippen LogP contribution in [0.25, 0.3) is 32.7 Å². The summed E-state index contributed by atoms with van der Waals surface area (Å²) in [6, 6.07) is 13.1. The molecule has 0 amide bonds. The lowest BCUT2D eigenvalue weighted by Gasteiger charge is -2.12. The molecular formula is C22H14F4. The highest BCUT2D eigenvalue weighted by atomic mass is 19.2. The van der Waals surface area contributed by atoms with Crippen molar-refractivity contribution in [1.29, 1.82) is 0 Å². The van der Waals surface area contributed by atoms with Crippen LogP contribution in [-0.2, 0) is 0 Å². The van der Waals surface area contributed by atoms with Gasteiger partial charge in [-0.25, -0.2) is 17.6 Å². The van der Waals surface area contributed by atoms with Crippen molar-refractivity contribution < 1.29 is 17.6 Å². The van der Waals surface area contributed by atoms with Gasteiger partial charge in [-0.1, -0.05) is 42.0 Å². The smallest absolute Gasteiger partial charge is 0.168 e. The van der Waals surface area contributed by atoms with Crippen molar-refractivity contribution in [2.75, 3.05) is 0 Å². The van der Waals surface area contributed by atoms with Crippen molar-refractivity contribution >= 4 is 21.5 Å². The van der Waals surface area contributed by atoms with Gasteiger partial charge in [-0.3, -0.25) is 0 Å². The number of rotatable bonds is 1. The fraction of sp³-hybridized carbons (Fsp3) is 0.0909. The number of fused-ring (bicyclic) bond motifs is 3. The molecule has 4 rings (SSSR count). The van der Waals surface area contributed by atoms with Crippen LogP contribution in [0.1, 0.15) is 11.1 Å². The highest BCUT2D eigenvalue weighted by Gasteiger charge is 2.20. The average Bonchev–Trinajstić information content (AvgIpc) is 2.63. The second-order valence-corrected chi connectivity index (χ2v) is 6.50. The van der Waals surface area contributed by atoms with Crippen LogP contribution in [0.2, 0.25) is 0 Å². The fourth-order valence-corrected chi connectivity index (χ4v) is 3.32. The molecule has 0 saturated heterocycles. The highest BCUT2D eigenvalue weighted by Crippen LogP contribution is 2.37. The quantitative estimate of drug-likeness (QED) is 0.259. The number of hydrogen-bond acceptors (Lipinski definition) is 0. The largest absolute Gasteiger partial charge is 0.203 e. The Morgan fingerprint density at radius 2 is 1.12 bits per heavy atom. The van der Waals surface area contributed by atoms with E-state index in [1.807, 2.05) is 6.92 Å². The lowest BCUT2D eigenvalue weighted by Crippen LogP contribution is -1.97. The van der Waals surface area contributed by atoms with Gasteiger partial charge in [0.15, 0.2) is 23.3 Å². The lowest BCUT2D eigenvalue weighted by atomic mass is 9.95. The maximum Gasteiger partial charge on any atom is 0.168 e. The lowest BCUT2D eigenvalue weighted by molar-refractivity contribution is 0.509. The summed E-state index contributed by atoms with van der Waals surface area (Å²) in [5, 5.41) is 0.161. The van der Waals surface area contributed by atoms with Gasteiger partial charge in [0.25, 0.3) is 0 Å². The van der Waals surface area contributed by atoms with Crippen LogP contribution in [0.5, 0.6) is 0 Å². The molecule has 130 valence electrons. The Bertz CT molecular complexity index is 1180. The molecule has 0 nitrogen and oxygen atoms in total. The molecule has 4 aromatic rings. The van der Waals surface area contributed by atoms with Crippen LogP contribution >= 0.6 is 0 Å². The standard InChI is InChI=1S/C22H14F4/c1-11-3-5-13(6-4-11)16-10-15-8-7-14-9-12(2)19(23)21(25)17(14)18(15)22(26)20(16)24/h3-10H,1-2H3. The Morgan fingerprint density at radius 3 is 1.73 bits per heavy atom. The monoisotopic (exact) mass is 354 g/mol. The summed E-state index contributed by atoms with van der Waals surface area (Å²) in [7, 11) is 0. The van der Waals surface area contributed by atoms with Crippen LogP contribution in [0, 0.1) is 37.1 Å². The zero-order valence-corrected chi connectivity index (χ0v) is 14.1. The third kappa shape index (κ3) is 2.37. The predicted octanol–water partition coefficient (Wildman–Crippen LogP) is 6.83. The minimum atomic E-state index is -1.18. The number of aryl methyl sites for hydroxylation is 2. The first-order chi connectivity index (χ1) is 12.4. The van der Waals surface area contributed by atoms with Gasteiger partial charge in [-0.15, -0.1) is 0 Å². The Hall–Kier alpha value is -2.88. The molecule has 0 spiro atoms. The van der Waals surface area contributed by atoms with E-state index in [0.29, 0.717) is 16.3 Å². The van der Waals surface area contributed by atoms with E-state index in [1.165, 1.54) is 19.1 Å². The molecule has 0 bridgehead atoms. The molecule has 0 aliphatic heterocycles. The Morgan fingerprint density at radius 1 is 0.577 bits per heavy atom. The number of hydrogen-bond donors (Lipinski definition) is 0. The van der Waals surface area contributed by atoms with Gasteiger partial charge < -0.3 is 0 Å². The zero-order valence-electron chi connectivity index (χ0n) is 14.1. The molecule has 0 fully saturated rings. The van der Waals surface area contributed by atoms with Gasteiger partial charge in [0.05, 0.1) is 0 Å². The Kier molecular flexibility index (Phi) is 3.72. The average molecular weight is 354 g/mol. The molecule has 0 radical (unpaired) electrons. The predicted molar refractivity (Wildman–Crippen MR) is 96.2 cm³/mol. The summed E-state index contributed by atoms with van der Waals surface area (Å²) in [6.07, 6.45) is 0. The van der Waals surface area contributed by atoms with Crippen molar-refractivity contribution in [3.05, 3.63) is 82.9 Å². The van der Waals surface area contributed by atoms with E-state index >= 15 is 0 Å². The molecule has 0 saturated carbocycles. The first-order valence-electron chi connectivity index (χ1n) is 8.14. The topological polar surface area (TPSA) is 0 Å². The van der Waals surface area contributed by atoms with E-state index in [1.54, 1.807) is 36.4 Å². The second kappa shape index (κ2) is 5.84. The van der Waals surface area contributed by atoms with E-state index in [0.717, 1.165) is 5.56 Å². The van der Waals surface area contributed by atoms with Crippen LogP contribution in [0.4, 0.5) is 17.6 Å². The maximum atomic E-state index is 14.9. The van der Waals surface area contributed by atoms with Gasteiger partial charge in [0.1, 0.15) is 0 Å². The second-order valence-electron chi connectivity index (χ2n) is 6.50. The van der Waals surface area contributed by atoms with E-state index < -0.39 is 23.3 Å². The number of halogens is 4. The van der Waals surface area contributed by atoms with Crippen molar-refractivity contribution in [1.82, 2.24) is 0 Å². The molecule has 0 heterocycles. The maximum absolute atomic E-state index is 14.9. The molecule has 0 aliphatic carbocycles. The van der Waals surface area contributed by atoms with Crippen molar-refractivity contribution in [2.45, 2.75) is 13.8 Å². The molecule has 0 N–H and O–H groups in total. The summed E-state index contributed by atoms with van der Waals surface area (Å²) in [4.78, 5) is 0. The van der Waals surface area contributed by atoms with Gasteiger partial charge in [-0.2, -0.15) is 0 Å². The molecule has 4 aromatic carbocycles. The van der Waals surface area contributed by atoms with Crippen LogP contribution < -0.4 is 0 Å². The molecular weight excluding hydrogens is 340 g/mol. The summed E-state index contributed by atoms with van der Waals surface area (Å²) >= 11 is 0. The van der Waals surface area contributed by atoms with E-state index in [4.69, 9.17) is 0 Å². The molecule has 0 unspecified atom stereocenters. The minimum Gasteiger partial charge on any atom is -0.203 e. The van der Waals surface area contributed by atoms with Gasteiger partial charge in [-0.05, 0) is 47.9 Å². The minimum absolute atomic E-state index is 0.0855. The van der Waals surface area contributed by atoms with Crippen LogP contribution in [0.3, 0.4) is 0 Å². The molecule has 0 aliphatic rings. The first kappa shape index (κ1) is 16.6.